The molecular formula is C14H24ClN3O2S. The van der Waals surface area contributed by atoms with Crippen molar-refractivity contribution in [3.05, 3.63) is 12.0 Å². The second kappa shape index (κ2) is 6.67. The number of imidazole rings is 1. The minimum Gasteiger partial charge on any atom is -0.333 e. The maximum absolute atomic E-state index is 11.5. The molecule has 1 fully saturated rings. The van der Waals surface area contributed by atoms with Gasteiger partial charge in [-0.05, 0) is 32.9 Å². The number of piperidine rings is 1. The molecule has 0 spiro atoms. The van der Waals surface area contributed by atoms with Gasteiger partial charge in [-0.15, -0.1) is 0 Å². The number of aryl methyl sites for hydroxylation is 1. The molecule has 120 valence electrons. The molecular weight excluding hydrogens is 310 g/mol. The lowest BCUT2D eigenvalue weighted by Crippen LogP contribution is -2.36. The Hall–Kier alpha value is -0.590. The third kappa shape index (κ3) is 4.20. The largest absolute Gasteiger partial charge is 0.333 e. The van der Waals surface area contributed by atoms with Crippen molar-refractivity contribution in [2.24, 2.45) is 0 Å². The molecule has 2 rings (SSSR count). The minimum atomic E-state index is -3.76. The average Bonchev–Trinajstić information content (AvgIpc) is 2.82. The third-order valence-corrected chi connectivity index (χ3v) is 5.35. The van der Waals surface area contributed by atoms with Gasteiger partial charge in [0, 0.05) is 35.4 Å². The van der Waals surface area contributed by atoms with E-state index in [0.29, 0.717) is 6.04 Å². The first-order valence-electron chi connectivity index (χ1n) is 7.51. The summed E-state index contributed by atoms with van der Waals surface area (Å²) in [6, 6.07) is 0.567. The molecule has 21 heavy (non-hydrogen) atoms. The predicted octanol–water partition coefficient (Wildman–Crippen LogP) is 2.81. The number of hydrogen-bond acceptors (Lipinski definition) is 4. The van der Waals surface area contributed by atoms with Crippen LogP contribution in [0.5, 0.6) is 0 Å². The highest BCUT2D eigenvalue weighted by Crippen LogP contribution is 2.23. The molecule has 0 amide bonds. The Bertz CT molecular complexity index is 583. The molecule has 1 aromatic rings. The van der Waals surface area contributed by atoms with Crippen LogP contribution in [0.25, 0.3) is 0 Å². The molecule has 0 aliphatic carbocycles. The van der Waals surface area contributed by atoms with Gasteiger partial charge in [0.2, 0.25) is 0 Å². The zero-order chi connectivity index (χ0) is 15.6. The van der Waals surface area contributed by atoms with Gasteiger partial charge in [0.1, 0.15) is 5.82 Å². The van der Waals surface area contributed by atoms with Gasteiger partial charge in [-0.25, -0.2) is 13.4 Å². The van der Waals surface area contributed by atoms with E-state index in [1.807, 2.05) is 18.4 Å². The van der Waals surface area contributed by atoms with Crippen molar-refractivity contribution >= 4 is 19.7 Å². The summed E-state index contributed by atoms with van der Waals surface area (Å²) in [7, 11) is 3.81. The van der Waals surface area contributed by atoms with Gasteiger partial charge in [-0.2, -0.15) is 0 Å². The normalized spacial score (nSPS) is 21.1. The summed E-state index contributed by atoms with van der Waals surface area (Å²) in [6.07, 6.45) is 6.33. The van der Waals surface area contributed by atoms with Crippen molar-refractivity contribution in [2.45, 2.75) is 63.1 Å². The second-order valence-corrected chi connectivity index (χ2v) is 8.65. The van der Waals surface area contributed by atoms with E-state index in [0.717, 1.165) is 25.3 Å². The Kier molecular flexibility index (Phi) is 5.33. The lowest BCUT2D eigenvalue weighted by Gasteiger charge is -2.32. The highest BCUT2D eigenvalue weighted by molar-refractivity contribution is 8.13. The first kappa shape index (κ1) is 16.8. The summed E-state index contributed by atoms with van der Waals surface area (Å²) in [4.78, 5) is 6.59. The molecule has 1 aliphatic rings. The molecule has 2 heterocycles. The molecule has 1 aromatic heterocycles. The molecule has 0 saturated carbocycles. The summed E-state index contributed by atoms with van der Waals surface area (Å²) in [5.41, 5.74) is 0. The van der Waals surface area contributed by atoms with Crippen molar-refractivity contribution in [1.29, 1.82) is 0 Å². The molecule has 1 atom stereocenters. The molecule has 0 radical (unpaired) electrons. The van der Waals surface area contributed by atoms with Gasteiger partial charge >= 0.3 is 0 Å². The van der Waals surface area contributed by atoms with E-state index in [4.69, 9.17) is 10.7 Å². The van der Waals surface area contributed by atoms with Crippen molar-refractivity contribution in [3.63, 3.8) is 0 Å². The van der Waals surface area contributed by atoms with E-state index in [-0.39, 0.29) is 10.9 Å². The fraction of sp³-hybridized carbons (Fsp3) is 0.786. The van der Waals surface area contributed by atoms with Crippen LogP contribution in [0.3, 0.4) is 0 Å². The molecule has 1 aliphatic heterocycles. The Morgan fingerprint density at radius 1 is 1.43 bits per heavy atom. The summed E-state index contributed by atoms with van der Waals surface area (Å²) >= 11 is 0. The standard InChI is InChI=1S/C14H24ClN3O2S/c1-11(2)14-16-13(21(15,19)20)10-18(14)9-7-12-6-4-5-8-17(12)3/h10-12H,4-9H2,1-3H3. The van der Waals surface area contributed by atoms with E-state index in [1.54, 1.807) is 6.20 Å². The highest BCUT2D eigenvalue weighted by Gasteiger charge is 2.22. The van der Waals surface area contributed by atoms with Crippen LogP contribution < -0.4 is 0 Å². The molecule has 1 saturated heterocycles. The van der Waals surface area contributed by atoms with Crippen LogP contribution in [0, 0.1) is 0 Å². The lowest BCUT2D eigenvalue weighted by molar-refractivity contribution is 0.170. The van der Waals surface area contributed by atoms with Crippen LogP contribution in [0.1, 0.15) is 51.3 Å². The van der Waals surface area contributed by atoms with Crippen molar-refractivity contribution in [3.8, 4) is 0 Å². The topological polar surface area (TPSA) is 55.2 Å². The van der Waals surface area contributed by atoms with E-state index in [2.05, 4.69) is 16.9 Å². The number of likely N-dealkylation sites (tertiary alicyclic amines) is 1. The lowest BCUT2D eigenvalue weighted by atomic mass is 10.00. The van der Waals surface area contributed by atoms with Crippen LogP contribution in [0.2, 0.25) is 0 Å². The Labute approximate surface area is 131 Å². The van der Waals surface area contributed by atoms with Crippen molar-refractivity contribution in [1.82, 2.24) is 14.5 Å². The van der Waals surface area contributed by atoms with Gasteiger partial charge < -0.3 is 9.47 Å². The molecule has 1 unspecified atom stereocenters. The second-order valence-electron chi connectivity index (χ2n) is 6.14. The summed E-state index contributed by atoms with van der Waals surface area (Å²) < 4.78 is 24.9. The maximum Gasteiger partial charge on any atom is 0.280 e. The number of nitrogens with zero attached hydrogens (tertiary/aromatic N) is 3. The maximum atomic E-state index is 11.5. The molecule has 0 N–H and O–H groups in total. The summed E-state index contributed by atoms with van der Waals surface area (Å²) in [5, 5.41) is -0.0372. The van der Waals surface area contributed by atoms with Crippen LogP contribution in [-0.4, -0.2) is 42.5 Å². The van der Waals surface area contributed by atoms with Crippen LogP contribution >= 0.6 is 10.7 Å². The average molecular weight is 334 g/mol. The van der Waals surface area contributed by atoms with Crippen LogP contribution in [0.4, 0.5) is 0 Å². The van der Waals surface area contributed by atoms with E-state index in [9.17, 15) is 8.42 Å². The first-order valence-corrected chi connectivity index (χ1v) is 9.82. The first-order chi connectivity index (χ1) is 9.79. The van der Waals surface area contributed by atoms with E-state index in [1.165, 1.54) is 19.3 Å². The van der Waals surface area contributed by atoms with Crippen LogP contribution in [-0.2, 0) is 15.6 Å². The zero-order valence-corrected chi connectivity index (χ0v) is 14.5. The van der Waals surface area contributed by atoms with Gasteiger partial charge in [0.25, 0.3) is 9.05 Å². The SMILES string of the molecule is CC(C)c1nc(S(=O)(=O)Cl)cn1CCC1CCCCN1C. The van der Waals surface area contributed by atoms with E-state index < -0.39 is 9.05 Å². The third-order valence-electron chi connectivity index (χ3n) is 4.18. The van der Waals surface area contributed by atoms with Gasteiger partial charge in [0.15, 0.2) is 5.03 Å². The molecule has 5 nitrogen and oxygen atoms in total. The van der Waals surface area contributed by atoms with Gasteiger partial charge in [-0.3, -0.25) is 0 Å². The number of rotatable bonds is 5. The van der Waals surface area contributed by atoms with Crippen LogP contribution in [0.15, 0.2) is 11.2 Å². The number of halogens is 1. The van der Waals surface area contributed by atoms with Crippen molar-refractivity contribution < 1.29 is 8.42 Å². The zero-order valence-electron chi connectivity index (χ0n) is 12.9. The minimum absolute atomic E-state index is 0.0372. The van der Waals surface area contributed by atoms with Gasteiger partial charge in [-0.1, -0.05) is 20.3 Å². The highest BCUT2D eigenvalue weighted by atomic mass is 35.7. The molecule has 0 aromatic carbocycles. The fourth-order valence-electron chi connectivity index (χ4n) is 2.96. The fourth-order valence-corrected chi connectivity index (χ4v) is 3.64. The quantitative estimate of drug-likeness (QED) is 0.777. The number of aromatic nitrogens is 2. The molecule has 7 heteroatoms. The summed E-state index contributed by atoms with van der Waals surface area (Å²) in [5.74, 6) is 0.953. The monoisotopic (exact) mass is 333 g/mol. The Morgan fingerprint density at radius 3 is 2.71 bits per heavy atom. The smallest absolute Gasteiger partial charge is 0.280 e. The number of hydrogen-bond donors (Lipinski definition) is 0. The van der Waals surface area contributed by atoms with Crippen molar-refractivity contribution in [2.75, 3.05) is 13.6 Å². The van der Waals surface area contributed by atoms with E-state index >= 15 is 0 Å². The Morgan fingerprint density at radius 2 is 2.14 bits per heavy atom. The predicted molar refractivity (Wildman–Crippen MR) is 84.2 cm³/mol. The Balaban J connectivity index is 2.13. The van der Waals surface area contributed by atoms with Gasteiger partial charge in [0.05, 0.1) is 0 Å². The molecule has 0 bridgehead atoms. The summed E-state index contributed by atoms with van der Waals surface area (Å²) in [6.45, 7) is 5.95.